The van der Waals surface area contributed by atoms with Gasteiger partial charge in [0.25, 0.3) is 0 Å². The number of nitrogens with zero attached hydrogens (tertiary/aromatic N) is 4. The molecule has 1 atom stereocenters. The van der Waals surface area contributed by atoms with Crippen molar-refractivity contribution in [1.82, 2.24) is 25.0 Å². The Bertz CT molecular complexity index is 654. The molecule has 0 unspecified atom stereocenters. The fraction of sp³-hybridized carbons (Fsp3) is 0.357. The molecule has 0 saturated carbocycles. The van der Waals surface area contributed by atoms with Gasteiger partial charge in [0.1, 0.15) is 12.7 Å². The Balaban J connectivity index is 1.92. The highest BCUT2D eigenvalue weighted by Gasteiger charge is 2.16. The first-order valence-corrected chi connectivity index (χ1v) is 6.84. The molecule has 0 aliphatic heterocycles. The van der Waals surface area contributed by atoms with Crippen LogP contribution in [0.4, 0.5) is 18.0 Å². The summed E-state index contributed by atoms with van der Waals surface area (Å²) in [5, 5.41) is 6.64. The van der Waals surface area contributed by atoms with Gasteiger partial charge in [0.15, 0.2) is 17.5 Å². The molecule has 0 fully saturated rings. The van der Waals surface area contributed by atoms with Crippen molar-refractivity contribution < 1.29 is 18.0 Å². The topological polar surface area (TPSA) is 63.1 Å². The first kappa shape index (κ1) is 16.8. The predicted octanol–water partition coefficient (Wildman–Crippen LogP) is 1.93. The summed E-state index contributed by atoms with van der Waals surface area (Å²) in [6, 6.07) is 1.07. The Morgan fingerprint density at radius 1 is 1.35 bits per heavy atom. The number of amides is 2. The fourth-order valence-corrected chi connectivity index (χ4v) is 2.02. The van der Waals surface area contributed by atoms with E-state index in [1.807, 2.05) is 0 Å². The number of aromatic nitrogens is 3. The van der Waals surface area contributed by atoms with Crippen LogP contribution in [0, 0.1) is 17.5 Å². The summed E-state index contributed by atoms with van der Waals surface area (Å²) >= 11 is 0. The minimum absolute atomic E-state index is 0.0595. The van der Waals surface area contributed by atoms with E-state index in [1.165, 1.54) is 24.6 Å². The van der Waals surface area contributed by atoms with E-state index in [0.717, 1.165) is 12.1 Å². The molecule has 9 heteroatoms. The van der Waals surface area contributed by atoms with Crippen molar-refractivity contribution in [2.75, 3.05) is 7.05 Å². The van der Waals surface area contributed by atoms with Gasteiger partial charge in [0.05, 0.1) is 6.54 Å². The van der Waals surface area contributed by atoms with Gasteiger partial charge in [-0.15, -0.1) is 0 Å². The maximum atomic E-state index is 13.2. The minimum Gasteiger partial charge on any atom is -0.334 e. The number of carbonyl (C=O) groups excluding carboxylic acids is 1. The van der Waals surface area contributed by atoms with E-state index >= 15 is 0 Å². The zero-order valence-electron chi connectivity index (χ0n) is 12.6. The van der Waals surface area contributed by atoms with Crippen LogP contribution in [0.5, 0.6) is 0 Å². The molecule has 0 radical (unpaired) electrons. The molecule has 2 aromatic rings. The second-order valence-corrected chi connectivity index (χ2v) is 5.20. The van der Waals surface area contributed by atoms with E-state index < -0.39 is 23.5 Å². The van der Waals surface area contributed by atoms with Crippen molar-refractivity contribution in [3.05, 3.63) is 47.8 Å². The number of hydrogen-bond donors (Lipinski definition) is 1. The quantitative estimate of drug-likeness (QED) is 0.854. The molecule has 0 saturated heterocycles. The summed E-state index contributed by atoms with van der Waals surface area (Å²) in [5.41, 5.74) is 0.156. The smallest absolute Gasteiger partial charge is 0.317 e. The van der Waals surface area contributed by atoms with Crippen molar-refractivity contribution in [2.24, 2.45) is 0 Å². The molecule has 6 nitrogen and oxygen atoms in total. The van der Waals surface area contributed by atoms with Crippen LogP contribution in [-0.2, 0) is 13.1 Å². The van der Waals surface area contributed by atoms with E-state index in [2.05, 4.69) is 15.4 Å². The Kier molecular flexibility index (Phi) is 5.20. The number of urea groups is 1. The summed E-state index contributed by atoms with van der Waals surface area (Å²) in [6.45, 7) is 2.15. The van der Waals surface area contributed by atoms with E-state index in [-0.39, 0.29) is 18.2 Å². The van der Waals surface area contributed by atoms with E-state index in [9.17, 15) is 18.0 Å². The van der Waals surface area contributed by atoms with Crippen LogP contribution < -0.4 is 5.32 Å². The summed E-state index contributed by atoms with van der Waals surface area (Å²) in [7, 11) is 1.47. The number of halogens is 3. The number of hydrogen-bond acceptors (Lipinski definition) is 3. The molecular formula is C14H16F3N5O. The van der Waals surface area contributed by atoms with Crippen LogP contribution in [0.1, 0.15) is 12.5 Å². The van der Waals surface area contributed by atoms with Crippen molar-refractivity contribution in [2.45, 2.75) is 26.1 Å². The van der Waals surface area contributed by atoms with Crippen LogP contribution in [-0.4, -0.2) is 38.8 Å². The van der Waals surface area contributed by atoms with Crippen molar-refractivity contribution in [3.8, 4) is 0 Å². The lowest BCUT2D eigenvalue weighted by molar-refractivity contribution is 0.201. The van der Waals surface area contributed by atoms with Gasteiger partial charge in [-0.25, -0.2) is 22.9 Å². The molecule has 0 spiro atoms. The zero-order chi connectivity index (χ0) is 17.0. The van der Waals surface area contributed by atoms with E-state index in [0.29, 0.717) is 6.54 Å². The van der Waals surface area contributed by atoms with Gasteiger partial charge in [-0.2, -0.15) is 5.10 Å². The SMILES string of the molecule is C[C@@H](Cn1cncn1)NC(=O)N(C)Cc1cc(F)c(F)c(F)c1. The van der Waals surface area contributed by atoms with Crippen LogP contribution in [0.2, 0.25) is 0 Å². The van der Waals surface area contributed by atoms with Crippen molar-refractivity contribution in [1.29, 1.82) is 0 Å². The van der Waals surface area contributed by atoms with Crippen LogP contribution in [0.15, 0.2) is 24.8 Å². The molecule has 124 valence electrons. The molecule has 1 aromatic heterocycles. The maximum absolute atomic E-state index is 13.2. The molecular weight excluding hydrogens is 311 g/mol. The standard InChI is InChI=1S/C14H16F3N5O/c1-9(5-22-8-18-7-19-22)20-14(23)21(2)6-10-3-11(15)13(17)12(16)4-10/h3-4,7-9H,5-6H2,1-2H3,(H,20,23)/t9-/m0/s1. The number of benzene rings is 1. The lowest BCUT2D eigenvalue weighted by Crippen LogP contribution is -2.43. The molecule has 23 heavy (non-hydrogen) atoms. The third-order valence-corrected chi connectivity index (χ3v) is 3.11. The van der Waals surface area contributed by atoms with Gasteiger partial charge >= 0.3 is 6.03 Å². The van der Waals surface area contributed by atoms with Crippen molar-refractivity contribution >= 4 is 6.03 Å². The van der Waals surface area contributed by atoms with Crippen LogP contribution >= 0.6 is 0 Å². The fourth-order valence-electron chi connectivity index (χ4n) is 2.02. The average Bonchev–Trinajstić information content (AvgIpc) is 2.97. The second-order valence-electron chi connectivity index (χ2n) is 5.20. The Labute approximate surface area is 130 Å². The molecule has 1 heterocycles. The molecule has 0 aliphatic carbocycles. The highest BCUT2D eigenvalue weighted by Crippen LogP contribution is 2.14. The summed E-state index contributed by atoms with van der Waals surface area (Å²) in [4.78, 5) is 17.1. The summed E-state index contributed by atoms with van der Waals surface area (Å²) < 4.78 is 40.8. The lowest BCUT2D eigenvalue weighted by Gasteiger charge is -2.21. The predicted molar refractivity (Wildman–Crippen MR) is 75.8 cm³/mol. The molecule has 2 rings (SSSR count). The monoisotopic (exact) mass is 327 g/mol. The largest absolute Gasteiger partial charge is 0.334 e. The molecule has 1 aromatic carbocycles. The molecule has 0 bridgehead atoms. The van der Waals surface area contributed by atoms with Crippen LogP contribution in [0.25, 0.3) is 0 Å². The zero-order valence-corrected chi connectivity index (χ0v) is 12.6. The van der Waals surface area contributed by atoms with Crippen molar-refractivity contribution in [3.63, 3.8) is 0 Å². The van der Waals surface area contributed by atoms with E-state index in [1.54, 1.807) is 11.6 Å². The third kappa shape index (κ3) is 4.44. The number of nitrogens with one attached hydrogen (secondary N) is 1. The normalized spacial score (nSPS) is 12.0. The highest BCUT2D eigenvalue weighted by atomic mass is 19.2. The Morgan fingerprint density at radius 3 is 2.57 bits per heavy atom. The summed E-state index contributed by atoms with van der Waals surface area (Å²) in [6.07, 6.45) is 2.91. The van der Waals surface area contributed by atoms with Gasteiger partial charge in [-0.3, -0.25) is 4.68 Å². The first-order valence-electron chi connectivity index (χ1n) is 6.84. The lowest BCUT2D eigenvalue weighted by atomic mass is 10.2. The molecule has 2 amide bonds. The second kappa shape index (κ2) is 7.12. The number of rotatable bonds is 5. The maximum Gasteiger partial charge on any atom is 0.317 e. The third-order valence-electron chi connectivity index (χ3n) is 3.11. The van der Waals surface area contributed by atoms with E-state index in [4.69, 9.17) is 0 Å². The van der Waals surface area contributed by atoms with Gasteiger partial charge in [-0.05, 0) is 24.6 Å². The number of carbonyl (C=O) groups is 1. The molecule has 1 N–H and O–H groups in total. The minimum atomic E-state index is -1.53. The molecule has 0 aliphatic rings. The first-order chi connectivity index (χ1) is 10.9. The van der Waals surface area contributed by atoms with Gasteiger partial charge in [-0.1, -0.05) is 0 Å². The summed E-state index contributed by atoms with van der Waals surface area (Å²) in [5.74, 6) is -4.09. The van der Waals surface area contributed by atoms with Gasteiger partial charge in [0.2, 0.25) is 0 Å². The van der Waals surface area contributed by atoms with Gasteiger partial charge in [0, 0.05) is 19.6 Å². The van der Waals surface area contributed by atoms with Crippen LogP contribution in [0.3, 0.4) is 0 Å². The average molecular weight is 327 g/mol. The Morgan fingerprint density at radius 2 is 2.00 bits per heavy atom. The highest BCUT2D eigenvalue weighted by molar-refractivity contribution is 5.74. The van der Waals surface area contributed by atoms with Gasteiger partial charge < -0.3 is 10.2 Å². The Hall–Kier alpha value is -2.58.